The summed E-state index contributed by atoms with van der Waals surface area (Å²) in [5.74, 6) is -0.190. The van der Waals surface area contributed by atoms with E-state index in [0.717, 1.165) is 24.4 Å². The summed E-state index contributed by atoms with van der Waals surface area (Å²) in [5, 5.41) is 11.2. The second-order valence-corrected chi connectivity index (χ2v) is 4.85. The number of halogens is 1. The predicted molar refractivity (Wildman–Crippen MR) is 73.7 cm³/mol. The molecular weight excluding hydrogens is 257 g/mol. The summed E-state index contributed by atoms with van der Waals surface area (Å²) in [5.41, 5.74) is 2.31. The molecule has 0 unspecified atom stereocenters. The molecule has 1 aromatic heterocycles. The Labute approximate surface area is 117 Å². The molecular formula is C15H16FN3O. The van der Waals surface area contributed by atoms with Gasteiger partial charge in [-0.3, -0.25) is 0 Å². The van der Waals surface area contributed by atoms with Crippen LogP contribution < -0.4 is 5.32 Å². The highest BCUT2D eigenvalue weighted by atomic mass is 19.1. The minimum Gasteiger partial charge on any atom is -0.379 e. The number of hydrogen-bond donors (Lipinski definition) is 1. The van der Waals surface area contributed by atoms with Crippen molar-refractivity contribution >= 4 is 0 Å². The lowest BCUT2D eigenvalue weighted by Gasteiger charge is -2.24. The molecule has 0 amide bonds. The Morgan fingerprint density at radius 2 is 2.30 bits per heavy atom. The molecule has 3 rings (SSSR count). The predicted octanol–water partition coefficient (Wildman–Crippen LogP) is 1.81. The van der Waals surface area contributed by atoms with Crippen molar-refractivity contribution in [3.8, 4) is 11.3 Å². The highest BCUT2D eigenvalue weighted by Gasteiger charge is 2.16. The first-order chi connectivity index (χ1) is 9.83. The van der Waals surface area contributed by atoms with Crippen LogP contribution in [0.4, 0.5) is 4.39 Å². The lowest BCUT2D eigenvalue weighted by molar-refractivity contribution is 0.0767. The maximum absolute atomic E-state index is 13.9. The quantitative estimate of drug-likeness (QED) is 0.926. The van der Waals surface area contributed by atoms with Gasteiger partial charge < -0.3 is 10.1 Å². The summed E-state index contributed by atoms with van der Waals surface area (Å²) in [7, 11) is 0. The molecule has 0 bridgehead atoms. The molecule has 5 heteroatoms. The van der Waals surface area contributed by atoms with E-state index in [0.29, 0.717) is 18.6 Å². The third kappa shape index (κ3) is 3.00. The first kappa shape index (κ1) is 13.1. The standard InChI is InChI=1S/C15H16FN3O/c16-14-4-3-11(15-2-1-5-18-19-15)8-12(14)9-13-10-20-7-6-17-13/h1-5,8,13,17H,6-7,9-10H2/t13-/m1/s1. The molecule has 0 saturated carbocycles. The Balaban J connectivity index is 1.83. The van der Waals surface area contributed by atoms with Crippen molar-refractivity contribution in [1.82, 2.24) is 15.5 Å². The fourth-order valence-corrected chi connectivity index (χ4v) is 2.36. The van der Waals surface area contributed by atoms with Gasteiger partial charge in [-0.2, -0.15) is 10.2 Å². The normalized spacial score (nSPS) is 18.9. The molecule has 4 nitrogen and oxygen atoms in total. The van der Waals surface area contributed by atoms with E-state index >= 15 is 0 Å². The smallest absolute Gasteiger partial charge is 0.126 e. The molecule has 1 aromatic carbocycles. The number of nitrogens with one attached hydrogen (secondary N) is 1. The van der Waals surface area contributed by atoms with Gasteiger partial charge in [0.25, 0.3) is 0 Å². The van der Waals surface area contributed by atoms with Gasteiger partial charge in [-0.1, -0.05) is 0 Å². The number of hydrogen-bond acceptors (Lipinski definition) is 4. The fraction of sp³-hybridized carbons (Fsp3) is 0.333. The zero-order valence-corrected chi connectivity index (χ0v) is 11.1. The molecule has 2 aromatic rings. The van der Waals surface area contributed by atoms with Crippen molar-refractivity contribution in [2.45, 2.75) is 12.5 Å². The molecule has 1 saturated heterocycles. The molecule has 0 spiro atoms. The molecule has 1 fully saturated rings. The second kappa shape index (κ2) is 6.07. The van der Waals surface area contributed by atoms with Crippen molar-refractivity contribution < 1.29 is 9.13 Å². The summed E-state index contributed by atoms with van der Waals surface area (Å²) in [6.45, 7) is 2.16. The van der Waals surface area contributed by atoms with Crippen LogP contribution in [0.3, 0.4) is 0 Å². The molecule has 1 aliphatic rings. The molecule has 20 heavy (non-hydrogen) atoms. The molecule has 2 heterocycles. The van der Waals surface area contributed by atoms with E-state index in [1.54, 1.807) is 12.3 Å². The van der Waals surface area contributed by atoms with Gasteiger partial charge in [-0.05, 0) is 42.3 Å². The van der Waals surface area contributed by atoms with E-state index in [1.165, 1.54) is 6.07 Å². The maximum atomic E-state index is 13.9. The summed E-state index contributed by atoms with van der Waals surface area (Å²) in [6.07, 6.45) is 2.23. The van der Waals surface area contributed by atoms with Crippen molar-refractivity contribution in [3.63, 3.8) is 0 Å². The Hall–Kier alpha value is -1.85. The van der Waals surface area contributed by atoms with Crippen molar-refractivity contribution in [1.29, 1.82) is 0 Å². The van der Waals surface area contributed by atoms with Gasteiger partial charge in [-0.25, -0.2) is 4.39 Å². The zero-order valence-electron chi connectivity index (χ0n) is 11.1. The largest absolute Gasteiger partial charge is 0.379 e. The molecule has 1 aliphatic heterocycles. The van der Waals surface area contributed by atoms with Crippen LogP contribution in [-0.4, -0.2) is 36.0 Å². The van der Waals surface area contributed by atoms with E-state index in [2.05, 4.69) is 15.5 Å². The Bertz CT molecular complexity index is 571. The minimum atomic E-state index is -0.190. The van der Waals surface area contributed by atoms with Gasteiger partial charge in [0.05, 0.1) is 18.9 Å². The van der Waals surface area contributed by atoms with Crippen LogP contribution in [0.5, 0.6) is 0 Å². The van der Waals surface area contributed by atoms with Crippen LogP contribution in [0.2, 0.25) is 0 Å². The van der Waals surface area contributed by atoms with Gasteiger partial charge in [0.15, 0.2) is 0 Å². The van der Waals surface area contributed by atoms with Gasteiger partial charge in [0, 0.05) is 24.3 Å². The molecule has 1 N–H and O–H groups in total. The number of rotatable bonds is 3. The first-order valence-electron chi connectivity index (χ1n) is 6.70. The number of morpholine rings is 1. The van der Waals surface area contributed by atoms with Crippen molar-refractivity contribution in [2.24, 2.45) is 0 Å². The first-order valence-corrected chi connectivity index (χ1v) is 6.70. The summed E-state index contributed by atoms with van der Waals surface area (Å²) in [4.78, 5) is 0. The third-order valence-electron chi connectivity index (χ3n) is 3.38. The number of nitrogens with zero attached hydrogens (tertiary/aromatic N) is 2. The lowest BCUT2D eigenvalue weighted by atomic mass is 10.0. The van der Waals surface area contributed by atoms with Crippen LogP contribution in [0.1, 0.15) is 5.56 Å². The summed E-state index contributed by atoms with van der Waals surface area (Å²) < 4.78 is 19.3. The minimum absolute atomic E-state index is 0.162. The van der Waals surface area contributed by atoms with Crippen LogP contribution in [0.25, 0.3) is 11.3 Å². The van der Waals surface area contributed by atoms with Gasteiger partial charge in [-0.15, -0.1) is 0 Å². The third-order valence-corrected chi connectivity index (χ3v) is 3.38. The van der Waals surface area contributed by atoms with Crippen LogP contribution in [0.15, 0.2) is 36.5 Å². The molecule has 0 aliphatic carbocycles. The van der Waals surface area contributed by atoms with E-state index in [4.69, 9.17) is 4.74 Å². The molecule has 0 radical (unpaired) electrons. The Kier molecular flexibility index (Phi) is 3.99. The lowest BCUT2D eigenvalue weighted by Crippen LogP contribution is -2.42. The molecule has 104 valence electrons. The van der Waals surface area contributed by atoms with E-state index in [-0.39, 0.29) is 11.9 Å². The van der Waals surface area contributed by atoms with E-state index in [1.807, 2.05) is 18.2 Å². The summed E-state index contributed by atoms with van der Waals surface area (Å²) >= 11 is 0. The van der Waals surface area contributed by atoms with Crippen LogP contribution in [0, 0.1) is 5.82 Å². The van der Waals surface area contributed by atoms with Crippen LogP contribution in [-0.2, 0) is 11.2 Å². The Morgan fingerprint density at radius 1 is 1.35 bits per heavy atom. The van der Waals surface area contributed by atoms with Crippen LogP contribution >= 0.6 is 0 Å². The van der Waals surface area contributed by atoms with E-state index < -0.39 is 0 Å². The van der Waals surface area contributed by atoms with Gasteiger partial charge >= 0.3 is 0 Å². The highest BCUT2D eigenvalue weighted by molar-refractivity contribution is 5.59. The maximum Gasteiger partial charge on any atom is 0.126 e. The van der Waals surface area contributed by atoms with Gasteiger partial charge in [0.1, 0.15) is 5.82 Å². The zero-order chi connectivity index (χ0) is 13.8. The average Bonchev–Trinajstić information content (AvgIpc) is 2.51. The number of aromatic nitrogens is 2. The highest BCUT2D eigenvalue weighted by Crippen LogP contribution is 2.21. The molecule has 1 atom stereocenters. The SMILES string of the molecule is Fc1ccc(-c2cccnn2)cc1C[C@@H]1COCCN1. The van der Waals surface area contributed by atoms with Crippen molar-refractivity contribution in [3.05, 3.63) is 47.9 Å². The fourth-order valence-electron chi connectivity index (χ4n) is 2.36. The van der Waals surface area contributed by atoms with E-state index in [9.17, 15) is 4.39 Å². The summed E-state index contributed by atoms with van der Waals surface area (Å²) in [6, 6.07) is 8.91. The second-order valence-electron chi connectivity index (χ2n) is 4.85. The Morgan fingerprint density at radius 3 is 3.05 bits per heavy atom. The topological polar surface area (TPSA) is 47.0 Å². The average molecular weight is 273 g/mol. The number of ether oxygens (including phenoxy) is 1. The van der Waals surface area contributed by atoms with Gasteiger partial charge in [0.2, 0.25) is 0 Å². The number of benzene rings is 1. The monoisotopic (exact) mass is 273 g/mol. The van der Waals surface area contributed by atoms with Crippen molar-refractivity contribution in [2.75, 3.05) is 19.8 Å².